The molecule has 2 aromatic heterocycles. The molecule has 4 rings (SSSR count). The van der Waals surface area contributed by atoms with Crippen LogP contribution < -0.4 is 0 Å². The molecular formula is C34H42Br2N2S2. The fourth-order valence-electron chi connectivity index (χ4n) is 4.98. The predicted molar refractivity (Wildman–Crippen MR) is 184 cm³/mol. The van der Waals surface area contributed by atoms with E-state index in [9.17, 15) is 0 Å². The number of nitrogens with zero attached hydrogens (tertiary/aromatic N) is 2. The molecule has 0 unspecified atom stereocenters. The summed E-state index contributed by atoms with van der Waals surface area (Å²) in [6.45, 7) is 4.55. The van der Waals surface area contributed by atoms with Crippen LogP contribution in [0, 0.1) is 0 Å². The van der Waals surface area contributed by atoms with E-state index in [-0.39, 0.29) is 0 Å². The van der Waals surface area contributed by atoms with Gasteiger partial charge in [0.1, 0.15) is 19.2 Å². The van der Waals surface area contributed by atoms with Gasteiger partial charge in [0, 0.05) is 11.1 Å². The number of thiazole rings is 2. The van der Waals surface area contributed by atoms with Crippen molar-refractivity contribution in [1.82, 2.24) is 9.97 Å². The van der Waals surface area contributed by atoms with Crippen LogP contribution >= 0.6 is 54.5 Å². The van der Waals surface area contributed by atoms with Crippen molar-refractivity contribution in [2.24, 2.45) is 0 Å². The first-order valence-electron chi connectivity index (χ1n) is 15.1. The monoisotopic (exact) mass is 700 g/mol. The average Bonchev–Trinajstić information content (AvgIpc) is 3.55. The predicted octanol–water partition coefficient (Wildman–Crippen LogP) is 12.9. The van der Waals surface area contributed by atoms with E-state index >= 15 is 0 Å². The lowest BCUT2D eigenvalue weighted by Crippen LogP contribution is -1.87. The van der Waals surface area contributed by atoms with Gasteiger partial charge in [-0.05, 0) is 68.7 Å². The molecule has 0 fully saturated rings. The maximum absolute atomic E-state index is 4.87. The first-order valence-corrected chi connectivity index (χ1v) is 18.3. The van der Waals surface area contributed by atoms with Crippen molar-refractivity contribution in [2.75, 3.05) is 0 Å². The topological polar surface area (TPSA) is 25.8 Å². The van der Waals surface area contributed by atoms with Crippen LogP contribution in [0.25, 0.3) is 30.9 Å². The molecule has 6 heteroatoms. The summed E-state index contributed by atoms with van der Waals surface area (Å²) < 4.78 is 1.77. The molecule has 2 nitrogen and oxygen atoms in total. The molecule has 0 aliphatic rings. The highest BCUT2D eigenvalue weighted by Gasteiger charge is 2.19. The highest BCUT2D eigenvalue weighted by molar-refractivity contribution is 9.11. The summed E-state index contributed by atoms with van der Waals surface area (Å²) in [7, 11) is 0. The number of hydrogen-bond acceptors (Lipinski definition) is 4. The fraction of sp³-hybridized carbons (Fsp3) is 0.471. The molecule has 0 aliphatic heterocycles. The minimum Gasteiger partial charge on any atom is -0.228 e. The molecule has 2 aromatic carbocycles. The Morgan fingerprint density at radius 3 is 1.23 bits per heavy atom. The Bertz CT molecular complexity index is 1190. The van der Waals surface area contributed by atoms with Crippen LogP contribution in [0.2, 0.25) is 0 Å². The highest BCUT2D eigenvalue weighted by Crippen LogP contribution is 2.45. The molecule has 2 heterocycles. The summed E-state index contributed by atoms with van der Waals surface area (Å²) in [6, 6.07) is 18.0. The van der Waals surface area contributed by atoms with E-state index in [2.05, 4.69) is 94.2 Å². The zero-order valence-electron chi connectivity index (χ0n) is 24.0. The Labute approximate surface area is 266 Å². The second kappa shape index (κ2) is 16.9. The van der Waals surface area contributed by atoms with Crippen LogP contribution in [0.4, 0.5) is 0 Å². The van der Waals surface area contributed by atoms with Gasteiger partial charge in [-0.3, -0.25) is 0 Å². The molecule has 0 amide bonds. The third kappa shape index (κ3) is 9.34. The third-order valence-corrected chi connectivity index (χ3v) is 11.5. The quantitative estimate of drug-likeness (QED) is 0.102. The van der Waals surface area contributed by atoms with Crippen LogP contribution in [0.1, 0.15) is 102 Å². The van der Waals surface area contributed by atoms with Gasteiger partial charge >= 0.3 is 0 Å². The Morgan fingerprint density at radius 1 is 0.500 bits per heavy atom. The molecule has 4 aromatic rings. The molecule has 0 spiro atoms. The van der Waals surface area contributed by atoms with Crippen LogP contribution in [-0.4, -0.2) is 9.97 Å². The van der Waals surface area contributed by atoms with Crippen molar-refractivity contribution in [2.45, 2.75) is 104 Å². The Kier molecular flexibility index (Phi) is 13.4. The highest BCUT2D eigenvalue weighted by atomic mass is 79.9. The van der Waals surface area contributed by atoms with Crippen LogP contribution in [0.15, 0.2) is 57.7 Å². The van der Waals surface area contributed by atoms with E-state index in [0.29, 0.717) is 0 Å². The second-order valence-electron chi connectivity index (χ2n) is 10.7. The summed E-state index contributed by atoms with van der Waals surface area (Å²) in [5, 5.41) is 2.07. The molecule has 0 saturated heterocycles. The molecule has 0 bridgehead atoms. The van der Waals surface area contributed by atoms with Gasteiger partial charge in [0.25, 0.3) is 0 Å². The van der Waals surface area contributed by atoms with Crippen LogP contribution in [0.5, 0.6) is 0 Å². The van der Waals surface area contributed by atoms with Gasteiger partial charge in [-0.2, -0.15) is 0 Å². The molecule has 214 valence electrons. The zero-order valence-corrected chi connectivity index (χ0v) is 28.8. The summed E-state index contributed by atoms with van der Waals surface area (Å²) in [5.41, 5.74) is 5.18. The standard InChI is InChI=1S/C34H42Br2N2S2/c1-3-5-7-9-11-13-15-25-17-21-27(22-18-25)33-37-31(35)29(39-33)30-32(36)38-34(40-30)28-23-19-26(20-24-28)16-14-12-10-8-6-4-2/h17-24H,3-16H2,1-2H3. The van der Waals surface area contributed by atoms with Gasteiger partial charge in [-0.15, -0.1) is 22.7 Å². The zero-order chi connectivity index (χ0) is 28.2. The number of unbranched alkanes of at least 4 members (excludes halogenated alkanes) is 10. The van der Waals surface area contributed by atoms with Crippen LogP contribution in [-0.2, 0) is 12.8 Å². The van der Waals surface area contributed by atoms with Gasteiger partial charge in [-0.1, -0.05) is 127 Å². The second-order valence-corrected chi connectivity index (χ2v) is 14.2. The van der Waals surface area contributed by atoms with E-state index in [0.717, 1.165) is 41.8 Å². The minimum absolute atomic E-state index is 0.883. The number of aryl methyl sites for hydroxylation is 2. The SMILES string of the molecule is CCCCCCCCc1ccc(-c2nc(Br)c(-c3sc(-c4ccc(CCCCCCCC)cc4)nc3Br)s2)cc1. The molecular weight excluding hydrogens is 660 g/mol. The van der Waals surface area contributed by atoms with Crippen molar-refractivity contribution in [1.29, 1.82) is 0 Å². The van der Waals surface area contributed by atoms with Crippen molar-refractivity contribution in [3.63, 3.8) is 0 Å². The molecule has 40 heavy (non-hydrogen) atoms. The number of hydrogen-bond donors (Lipinski definition) is 0. The summed E-state index contributed by atoms with van der Waals surface area (Å²) in [4.78, 5) is 12.0. The van der Waals surface area contributed by atoms with Crippen molar-refractivity contribution < 1.29 is 0 Å². The van der Waals surface area contributed by atoms with Gasteiger partial charge in [0.2, 0.25) is 0 Å². The van der Waals surface area contributed by atoms with Crippen LogP contribution in [0.3, 0.4) is 0 Å². The van der Waals surface area contributed by atoms with Crippen molar-refractivity contribution >= 4 is 54.5 Å². The Morgan fingerprint density at radius 2 is 0.850 bits per heavy atom. The third-order valence-electron chi connectivity index (χ3n) is 7.42. The maximum atomic E-state index is 4.87. The van der Waals surface area contributed by atoms with Crippen molar-refractivity contribution in [3.05, 3.63) is 68.9 Å². The molecule has 0 N–H and O–H groups in total. The maximum Gasteiger partial charge on any atom is 0.126 e. The number of aromatic nitrogens is 2. The summed E-state index contributed by atoms with van der Waals surface area (Å²) in [6.07, 6.45) is 18.4. The first-order chi connectivity index (χ1) is 19.6. The number of benzene rings is 2. The Balaban J connectivity index is 1.36. The van der Waals surface area contributed by atoms with Gasteiger partial charge in [0.15, 0.2) is 0 Å². The lowest BCUT2D eigenvalue weighted by atomic mass is 10.0. The largest absolute Gasteiger partial charge is 0.228 e. The lowest BCUT2D eigenvalue weighted by Gasteiger charge is -2.03. The normalized spacial score (nSPS) is 11.4. The van der Waals surface area contributed by atoms with Gasteiger partial charge in [0.05, 0.1) is 9.75 Å². The van der Waals surface area contributed by atoms with E-state index < -0.39 is 0 Å². The van der Waals surface area contributed by atoms with Crippen molar-refractivity contribution in [3.8, 4) is 30.9 Å². The molecule has 0 saturated carbocycles. The minimum atomic E-state index is 0.883. The van der Waals surface area contributed by atoms with E-state index in [1.54, 1.807) is 22.7 Å². The fourth-order valence-corrected chi connectivity index (χ4v) is 8.77. The lowest BCUT2D eigenvalue weighted by molar-refractivity contribution is 0.607. The van der Waals surface area contributed by atoms with E-state index in [1.807, 2.05) is 0 Å². The Hall–Kier alpha value is -1.34. The molecule has 0 aliphatic carbocycles. The van der Waals surface area contributed by atoms with Gasteiger partial charge in [-0.25, -0.2) is 9.97 Å². The number of rotatable bonds is 17. The van der Waals surface area contributed by atoms with E-state index in [4.69, 9.17) is 9.97 Å². The number of halogens is 2. The smallest absolute Gasteiger partial charge is 0.126 e. The van der Waals surface area contributed by atoms with E-state index in [1.165, 1.54) is 99.3 Å². The molecule has 0 radical (unpaired) electrons. The van der Waals surface area contributed by atoms with Gasteiger partial charge < -0.3 is 0 Å². The summed E-state index contributed by atoms with van der Waals surface area (Å²) >= 11 is 10.9. The summed E-state index contributed by atoms with van der Waals surface area (Å²) in [5.74, 6) is 0. The average molecular weight is 703 g/mol. The molecule has 0 atom stereocenters. The first kappa shape index (κ1) is 31.6.